The Labute approximate surface area is 276 Å². The third kappa shape index (κ3) is 12.9. The van der Waals surface area contributed by atoms with E-state index in [1.54, 1.807) is 41.5 Å². The van der Waals surface area contributed by atoms with Crippen LogP contribution in [0.1, 0.15) is 68.5 Å². The van der Waals surface area contributed by atoms with E-state index in [2.05, 4.69) is 4.98 Å². The molecule has 0 amide bonds. The average molecular weight is 696 g/mol. The molecule has 17 heteroatoms. The van der Waals surface area contributed by atoms with Crippen LogP contribution in [0.3, 0.4) is 0 Å². The van der Waals surface area contributed by atoms with E-state index in [0.29, 0.717) is 29.8 Å². The van der Waals surface area contributed by atoms with Gasteiger partial charge in [-0.05, 0) is 6.07 Å². The predicted octanol–water partition coefficient (Wildman–Crippen LogP) is 4.42. The maximum absolute atomic E-state index is 12.9. The van der Waals surface area contributed by atoms with Gasteiger partial charge >= 0.3 is 5.69 Å². The fourth-order valence-electron chi connectivity index (χ4n) is 3.34. The number of ether oxygens (including phenoxy) is 4. The Morgan fingerprint density at radius 1 is 0.911 bits per heavy atom. The van der Waals surface area contributed by atoms with Crippen LogP contribution in [0.4, 0.5) is 5.82 Å². The van der Waals surface area contributed by atoms with Crippen molar-refractivity contribution < 1.29 is 46.9 Å². The second kappa shape index (κ2) is 17.6. The number of carbonyl (C=O) groups excluding carboxylic acids is 3. The minimum absolute atomic E-state index is 0.00403. The Kier molecular flexibility index (Phi) is 15.5. The summed E-state index contributed by atoms with van der Waals surface area (Å²) in [5, 5.41) is 8.78. The lowest BCUT2D eigenvalue weighted by Gasteiger charge is -2.25. The highest BCUT2D eigenvalue weighted by molar-refractivity contribution is 8.13. The van der Waals surface area contributed by atoms with Crippen LogP contribution in [0, 0.1) is 16.2 Å². The summed E-state index contributed by atoms with van der Waals surface area (Å²) in [6, 6.07) is 1.36. The van der Waals surface area contributed by atoms with Crippen molar-refractivity contribution in [2.24, 2.45) is 16.2 Å². The monoisotopic (exact) mass is 695 g/mol. The summed E-state index contributed by atoms with van der Waals surface area (Å²) in [6.07, 6.45) is -2.44. The molecule has 0 saturated carbocycles. The van der Waals surface area contributed by atoms with Gasteiger partial charge in [-0.2, -0.15) is 4.98 Å². The molecule has 1 aromatic heterocycles. The molecule has 0 spiro atoms. The van der Waals surface area contributed by atoms with Crippen LogP contribution in [0.5, 0.6) is 0 Å². The minimum atomic E-state index is -1.09. The Morgan fingerprint density at radius 3 is 1.93 bits per heavy atom. The van der Waals surface area contributed by atoms with E-state index >= 15 is 0 Å². The van der Waals surface area contributed by atoms with Crippen molar-refractivity contribution in [3.05, 3.63) is 22.7 Å². The third-order valence-electron chi connectivity index (χ3n) is 5.97. The van der Waals surface area contributed by atoms with Crippen LogP contribution in [0.15, 0.2) is 17.1 Å². The number of hydrogen-bond donors (Lipinski definition) is 2. The van der Waals surface area contributed by atoms with Crippen molar-refractivity contribution in [2.75, 3.05) is 38.0 Å². The molecule has 1 fully saturated rings. The van der Waals surface area contributed by atoms with Gasteiger partial charge in [0, 0.05) is 28.2 Å². The molecule has 256 valence electrons. The maximum Gasteiger partial charge on any atom is 0.351 e. The highest BCUT2D eigenvalue weighted by Crippen LogP contribution is 2.35. The van der Waals surface area contributed by atoms with Crippen molar-refractivity contribution in [1.29, 1.82) is 0 Å². The van der Waals surface area contributed by atoms with Crippen molar-refractivity contribution in [3.8, 4) is 0 Å². The largest absolute Gasteiger partial charge is 0.378 e. The van der Waals surface area contributed by atoms with E-state index < -0.39 is 46.5 Å². The van der Waals surface area contributed by atoms with Gasteiger partial charge in [-0.15, -0.1) is 0 Å². The fourth-order valence-corrected chi connectivity index (χ4v) is 5.08. The number of rotatable bonds is 15. The molecule has 0 bridgehead atoms. The van der Waals surface area contributed by atoms with E-state index in [0.717, 1.165) is 4.57 Å². The second-order valence-corrected chi connectivity index (χ2v) is 15.7. The van der Waals surface area contributed by atoms with E-state index in [9.17, 15) is 19.2 Å². The summed E-state index contributed by atoms with van der Waals surface area (Å²) in [5.41, 5.74) is -0.700. The van der Waals surface area contributed by atoms with Gasteiger partial charge in [0.05, 0.1) is 37.3 Å². The Morgan fingerprint density at radius 2 is 1.44 bits per heavy atom. The van der Waals surface area contributed by atoms with E-state index in [1.165, 1.54) is 24.0 Å². The van der Waals surface area contributed by atoms with Crippen molar-refractivity contribution in [1.82, 2.24) is 9.55 Å². The lowest BCUT2D eigenvalue weighted by Crippen LogP contribution is -2.40. The van der Waals surface area contributed by atoms with Gasteiger partial charge in [-0.25, -0.2) is 4.79 Å². The van der Waals surface area contributed by atoms with E-state index in [-0.39, 0.29) is 48.0 Å². The molecular formula is C28H45N3O11S3. The summed E-state index contributed by atoms with van der Waals surface area (Å²) in [4.78, 5) is 53.5. The smallest absolute Gasteiger partial charge is 0.351 e. The Balaban J connectivity index is 2.24. The molecule has 14 nitrogen and oxygen atoms in total. The predicted molar refractivity (Wildman–Crippen MR) is 171 cm³/mol. The molecule has 0 aliphatic carbocycles. The number of anilines is 1. The average Bonchev–Trinajstić information content (AvgIpc) is 3.27. The van der Waals surface area contributed by atoms with Crippen LogP contribution in [0.25, 0.3) is 0 Å². The SMILES string of the molecule is CC(C)(C)C(=O)SCCOC[C@H]1O[C@@H](n2ccc(NO)nc2=O)[C@H](OCOSC(=O)C(C)(C)C)[C@@H]1OCOSC(=O)C(C)(C)C. The highest BCUT2D eigenvalue weighted by Gasteiger charge is 2.48. The number of hydrogen-bond acceptors (Lipinski definition) is 16. The standard InChI is InChI=1S/C28H45N3O11S3/c1-26(2,3)22(32)43-13-12-37-14-17-19(38-15-40-44-23(33)27(4,5)6)20(39-16-41-45-24(34)28(7,8)9)21(42-17)31-11-10-18(30-36)29-25(31)35/h10-11,17,19-21,36H,12-16H2,1-9H3,(H,29,30,35)/t17-,19-,20-,21-/m1/s1. The van der Waals surface area contributed by atoms with Gasteiger partial charge < -0.3 is 18.9 Å². The molecule has 4 atom stereocenters. The zero-order valence-corrected chi connectivity index (χ0v) is 29.6. The van der Waals surface area contributed by atoms with Crippen LogP contribution in [-0.4, -0.2) is 81.0 Å². The van der Waals surface area contributed by atoms with Crippen molar-refractivity contribution in [3.63, 3.8) is 0 Å². The first-order chi connectivity index (χ1) is 20.9. The molecule has 1 aromatic rings. The first kappa shape index (κ1) is 39.6. The number of nitrogens with one attached hydrogen (secondary N) is 1. The van der Waals surface area contributed by atoms with Gasteiger partial charge in [0.15, 0.2) is 30.7 Å². The van der Waals surface area contributed by atoms with Crippen molar-refractivity contribution >= 4 is 57.0 Å². The zero-order valence-electron chi connectivity index (χ0n) is 27.1. The second-order valence-electron chi connectivity index (χ2n) is 13.1. The molecule has 1 aliphatic rings. The zero-order chi connectivity index (χ0) is 34.0. The summed E-state index contributed by atoms with van der Waals surface area (Å²) in [6.45, 7) is 15.6. The Hall–Kier alpha value is -1.54. The molecule has 0 unspecified atom stereocenters. The topological polar surface area (TPSA) is 174 Å². The lowest BCUT2D eigenvalue weighted by atomic mass is 9.99. The minimum Gasteiger partial charge on any atom is -0.378 e. The van der Waals surface area contributed by atoms with Gasteiger partial charge in [0.25, 0.3) is 0 Å². The molecule has 2 heterocycles. The molecule has 2 rings (SSSR count). The molecule has 2 N–H and O–H groups in total. The fraction of sp³-hybridized carbons (Fsp3) is 0.750. The van der Waals surface area contributed by atoms with Crippen LogP contribution >= 0.6 is 35.8 Å². The number of aromatic nitrogens is 2. The molecule has 45 heavy (non-hydrogen) atoms. The molecule has 1 saturated heterocycles. The van der Waals surface area contributed by atoms with Crippen LogP contribution in [-0.2, 0) is 41.7 Å². The summed E-state index contributed by atoms with van der Waals surface area (Å²) >= 11 is 2.46. The Bertz CT molecular complexity index is 1200. The summed E-state index contributed by atoms with van der Waals surface area (Å²) in [5.74, 6) is 0.342. The van der Waals surface area contributed by atoms with Gasteiger partial charge in [0.1, 0.15) is 18.3 Å². The summed E-state index contributed by atoms with van der Waals surface area (Å²) < 4.78 is 36.0. The van der Waals surface area contributed by atoms with Crippen LogP contribution < -0.4 is 11.2 Å². The number of nitrogens with zero attached hydrogens (tertiary/aromatic N) is 2. The van der Waals surface area contributed by atoms with Gasteiger partial charge in [0.2, 0.25) is 10.2 Å². The van der Waals surface area contributed by atoms with Crippen molar-refractivity contribution in [2.45, 2.75) is 86.9 Å². The number of carbonyl (C=O) groups is 3. The first-order valence-corrected chi connectivity index (χ1v) is 16.6. The summed E-state index contributed by atoms with van der Waals surface area (Å²) in [7, 11) is 0. The normalized spacial score (nSPS) is 20.8. The van der Waals surface area contributed by atoms with E-state index in [4.69, 9.17) is 32.5 Å². The molecule has 0 radical (unpaired) electrons. The first-order valence-electron chi connectivity index (χ1n) is 14.2. The van der Waals surface area contributed by atoms with Crippen LogP contribution in [0.2, 0.25) is 0 Å². The molecular weight excluding hydrogens is 651 g/mol. The molecule has 1 aliphatic heterocycles. The van der Waals surface area contributed by atoms with E-state index in [1.807, 2.05) is 26.3 Å². The quantitative estimate of drug-likeness (QED) is 0.114. The lowest BCUT2D eigenvalue weighted by molar-refractivity contribution is -0.134. The highest BCUT2D eigenvalue weighted by atomic mass is 32.2. The molecule has 0 aromatic carbocycles. The maximum atomic E-state index is 12.9. The van der Waals surface area contributed by atoms with Gasteiger partial charge in [-0.3, -0.25) is 38.0 Å². The number of thioether (sulfide) groups is 1. The third-order valence-corrected chi connectivity index (χ3v) is 9.17. The van der Waals surface area contributed by atoms with Gasteiger partial charge in [-0.1, -0.05) is 74.1 Å².